The van der Waals surface area contributed by atoms with Crippen molar-refractivity contribution in [1.82, 2.24) is 9.97 Å². The van der Waals surface area contributed by atoms with E-state index in [1.807, 2.05) is 12.4 Å². The third-order valence-corrected chi connectivity index (χ3v) is 6.53. The number of benzene rings is 1. The molecule has 0 amide bonds. The van der Waals surface area contributed by atoms with Gasteiger partial charge in [-0.05, 0) is 43.4 Å². The molecule has 3 aromatic rings. The van der Waals surface area contributed by atoms with Crippen molar-refractivity contribution >= 4 is 0 Å². The summed E-state index contributed by atoms with van der Waals surface area (Å²) in [6, 6.07) is 17.6. The van der Waals surface area contributed by atoms with Crippen LogP contribution in [0.3, 0.4) is 0 Å². The molecule has 176 valence electrons. The molecule has 0 fully saturated rings. The Balaban J connectivity index is 1.48. The van der Waals surface area contributed by atoms with Gasteiger partial charge in [-0.25, -0.2) is 0 Å². The lowest BCUT2D eigenvalue weighted by atomic mass is 10.0. The monoisotopic (exact) mass is 442 g/mol. The number of pyridine rings is 2. The lowest BCUT2D eigenvalue weighted by Gasteiger charge is -2.07. The van der Waals surface area contributed by atoms with Gasteiger partial charge in [-0.3, -0.25) is 9.97 Å². The van der Waals surface area contributed by atoms with Gasteiger partial charge in [0.25, 0.3) is 0 Å². The van der Waals surface area contributed by atoms with E-state index in [4.69, 9.17) is 4.98 Å². The molecule has 0 spiro atoms. The van der Waals surface area contributed by atoms with Crippen LogP contribution in [-0.4, -0.2) is 9.97 Å². The predicted octanol–water partition coefficient (Wildman–Crippen LogP) is 9.23. The predicted molar refractivity (Wildman–Crippen MR) is 142 cm³/mol. The average molecular weight is 443 g/mol. The van der Waals surface area contributed by atoms with Crippen LogP contribution in [0.5, 0.6) is 0 Å². The zero-order valence-electron chi connectivity index (χ0n) is 20.9. The second-order valence-corrected chi connectivity index (χ2v) is 9.35. The first-order chi connectivity index (χ1) is 16.3. The van der Waals surface area contributed by atoms with Crippen molar-refractivity contribution in [2.75, 3.05) is 0 Å². The molecule has 3 rings (SSSR count). The van der Waals surface area contributed by atoms with Crippen LogP contribution < -0.4 is 0 Å². The summed E-state index contributed by atoms with van der Waals surface area (Å²) in [4.78, 5) is 9.41. The molecule has 0 saturated carbocycles. The number of nitrogens with zero attached hydrogens (tertiary/aromatic N) is 2. The van der Waals surface area contributed by atoms with E-state index in [2.05, 4.69) is 67.4 Å². The third-order valence-electron chi connectivity index (χ3n) is 6.53. The van der Waals surface area contributed by atoms with E-state index in [1.165, 1.54) is 93.9 Å². The minimum atomic E-state index is 1.03. The Morgan fingerprint density at radius 1 is 0.485 bits per heavy atom. The molecule has 2 heterocycles. The normalized spacial score (nSPS) is 11.1. The van der Waals surface area contributed by atoms with Crippen LogP contribution >= 0.6 is 0 Å². The van der Waals surface area contributed by atoms with Crippen LogP contribution in [0.2, 0.25) is 0 Å². The minimum absolute atomic E-state index is 1.03. The van der Waals surface area contributed by atoms with Gasteiger partial charge in [-0.2, -0.15) is 0 Å². The molecule has 0 unspecified atom stereocenters. The van der Waals surface area contributed by atoms with Crippen molar-refractivity contribution in [3.05, 3.63) is 72.2 Å². The molecule has 2 nitrogen and oxygen atoms in total. The van der Waals surface area contributed by atoms with E-state index < -0.39 is 0 Å². The highest BCUT2D eigenvalue weighted by atomic mass is 14.7. The zero-order chi connectivity index (χ0) is 23.1. The standard InChI is InChI=1S/C31H42N2/c1-3-5-7-9-11-12-14-26-16-18-27(19-17-26)31-23-21-29(25-33-31)28-20-22-30(32-24-28)15-13-10-8-6-4-2/h16-25H,3-15H2,1-2H3. The number of rotatable bonds is 15. The Morgan fingerprint density at radius 3 is 1.61 bits per heavy atom. The molecular formula is C31H42N2. The lowest BCUT2D eigenvalue weighted by Crippen LogP contribution is -1.92. The van der Waals surface area contributed by atoms with Crippen molar-refractivity contribution in [1.29, 1.82) is 0 Å². The van der Waals surface area contributed by atoms with Crippen LogP contribution in [-0.2, 0) is 12.8 Å². The molecule has 0 aliphatic heterocycles. The molecule has 0 bridgehead atoms. The van der Waals surface area contributed by atoms with Gasteiger partial charge in [0, 0.05) is 34.8 Å². The van der Waals surface area contributed by atoms with Crippen molar-refractivity contribution in [3.8, 4) is 22.4 Å². The molecule has 2 aromatic heterocycles. The summed E-state index contributed by atoms with van der Waals surface area (Å²) in [5, 5.41) is 0. The highest BCUT2D eigenvalue weighted by Crippen LogP contribution is 2.23. The lowest BCUT2D eigenvalue weighted by molar-refractivity contribution is 0.607. The third kappa shape index (κ3) is 8.76. The fraction of sp³-hybridized carbons (Fsp3) is 0.484. The fourth-order valence-electron chi connectivity index (χ4n) is 4.34. The Hall–Kier alpha value is -2.48. The molecular weight excluding hydrogens is 400 g/mol. The van der Waals surface area contributed by atoms with Crippen LogP contribution in [0.25, 0.3) is 22.4 Å². The number of aromatic nitrogens is 2. The summed E-state index contributed by atoms with van der Waals surface area (Å²) in [5.74, 6) is 0. The minimum Gasteiger partial charge on any atom is -0.261 e. The maximum absolute atomic E-state index is 4.73. The molecule has 0 N–H and O–H groups in total. The van der Waals surface area contributed by atoms with Gasteiger partial charge in [0.05, 0.1) is 5.69 Å². The molecule has 0 aliphatic carbocycles. The molecule has 0 radical (unpaired) electrons. The summed E-state index contributed by atoms with van der Waals surface area (Å²) in [5.41, 5.74) is 7.10. The number of aryl methyl sites for hydroxylation is 2. The Labute approximate surface area is 201 Å². The molecule has 33 heavy (non-hydrogen) atoms. The van der Waals surface area contributed by atoms with E-state index >= 15 is 0 Å². The first kappa shape index (κ1) is 25.1. The van der Waals surface area contributed by atoms with Crippen molar-refractivity contribution in [2.45, 2.75) is 97.3 Å². The first-order valence-electron chi connectivity index (χ1n) is 13.3. The van der Waals surface area contributed by atoms with Gasteiger partial charge in [0.1, 0.15) is 0 Å². The van der Waals surface area contributed by atoms with Crippen LogP contribution in [0, 0.1) is 0 Å². The molecule has 1 aromatic carbocycles. The topological polar surface area (TPSA) is 25.8 Å². The smallest absolute Gasteiger partial charge is 0.0702 e. The van der Waals surface area contributed by atoms with Gasteiger partial charge in [-0.15, -0.1) is 0 Å². The molecule has 2 heteroatoms. The van der Waals surface area contributed by atoms with E-state index in [9.17, 15) is 0 Å². The van der Waals surface area contributed by atoms with Crippen LogP contribution in [0.4, 0.5) is 0 Å². The molecule has 0 saturated heterocycles. The highest BCUT2D eigenvalue weighted by molar-refractivity contribution is 5.66. The Morgan fingerprint density at radius 2 is 1.03 bits per heavy atom. The van der Waals surface area contributed by atoms with Crippen molar-refractivity contribution in [2.24, 2.45) is 0 Å². The number of hydrogen-bond donors (Lipinski definition) is 0. The summed E-state index contributed by atoms with van der Waals surface area (Å²) in [6.07, 6.45) is 20.9. The quantitative estimate of drug-likeness (QED) is 0.219. The van der Waals surface area contributed by atoms with Crippen LogP contribution in [0.1, 0.15) is 95.7 Å². The van der Waals surface area contributed by atoms with Gasteiger partial charge in [0.2, 0.25) is 0 Å². The summed E-state index contributed by atoms with van der Waals surface area (Å²) >= 11 is 0. The average Bonchev–Trinajstić information content (AvgIpc) is 2.87. The van der Waals surface area contributed by atoms with Gasteiger partial charge >= 0.3 is 0 Å². The van der Waals surface area contributed by atoms with Gasteiger partial charge in [0.15, 0.2) is 0 Å². The maximum Gasteiger partial charge on any atom is 0.0702 e. The summed E-state index contributed by atoms with van der Waals surface area (Å²) < 4.78 is 0. The van der Waals surface area contributed by atoms with E-state index in [1.54, 1.807) is 0 Å². The van der Waals surface area contributed by atoms with Crippen molar-refractivity contribution < 1.29 is 0 Å². The highest BCUT2D eigenvalue weighted by Gasteiger charge is 2.04. The second-order valence-electron chi connectivity index (χ2n) is 9.35. The fourth-order valence-corrected chi connectivity index (χ4v) is 4.34. The second kappa shape index (κ2) is 14.6. The molecule has 0 aliphatic rings. The first-order valence-corrected chi connectivity index (χ1v) is 13.3. The molecule has 0 atom stereocenters. The Bertz CT molecular complexity index is 895. The van der Waals surface area contributed by atoms with E-state index in [0.29, 0.717) is 0 Å². The Kier molecular flexibility index (Phi) is 11.1. The number of hydrogen-bond acceptors (Lipinski definition) is 2. The summed E-state index contributed by atoms with van der Waals surface area (Å²) in [6.45, 7) is 4.53. The van der Waals surface area contributed by atoms with Gasteiger partial charge in [-0.1, -0.05) is 108 Å². The maximum atomic E-state index is 4.73. The van der Waals surface area contributed by atoms with E-state index in [0.717, 1.165) is 23.2 Å². The zero-order valence-corrected chi connectivity index (χ0v) is 20.9. The SMILES string of the molecule is CCCCCCCCc1ccc(-c2ccc(-c3ccc(CCCCCCC)nc3)cn2)cc1. The van der Waals surface area contributed by atoms with Crippen molar-refractivity contribution in [3.63, 3.8) is 0 Å². The largest absolute Gasteiger partial charge is 0.261 e. The van der Waals surface area contributed by atoms with Crippen LogP contribution in [0.15, 0.2) is 60.9 Å². The number of unbranched alkanes of at least 4 members (excludes halogenated alkanes) is 9. The summed E-state index contributed by atoms with van der Waals surface area (Å²) in [7, 11) is 0. The van der Waals surface area contributed by atoms with Gasteiger partial charge < -0.3 is 0 Å². The van der Waals surface area contributed by atoms with E-state index in [-0.39, 0.29) is 0 Å².